The molecule has 0 N–H and O–H groups in total. The Bertz CT molecular complexity index is 3750. The SMILES string of the molecule is c1ccc(-c2ccc3c(c2)c2cc(-n4c5ccccc5c5ccccc54)ccc2n3-c2ccc(-c3cccc4oc5c(c6ccccc6n5-c5ccccc5)c34)cc2)cc1. The van der Waals surface area contributed by atoms with Crippen LogP contribution in [0.4, 0.5) is 0 Å². The Hall–Kier alpha value is -8.08. The third kappa shape index (κ3) is 4.73. The first-order valence-electron chi connectivity index (χ1n) is 20.5. The number of para-hydroxylation sites is 4. The summed E-state index contributed by atoms with van der Waals surface area (Å²) in [5.74, 6) is 0. The van der Waals surface area contributed by atoms with Gasteiger partial charge in [-0.15, -0.1) is 0 Å². The van der Waals surface area contributed by atoms with Crippen molar-refractivity contribution in [3.8, 4) is 39.3 Å². The van der Waals surface area contributed by atoms with Crippen LogP contribution in [0, 0.1) is 0 Å². The first kappa shape index (κ1) is 32.9. The summed E-state index contributed by atoms with van der Waals surface area (Å²) in [7, 11) is 0. The van der Waals surface area contributed by atoms with Crippen molar-refractivity contribution in [3.05, 3.63) is 212 Å². The quantitative estimate of drug-likeness (QED) is 0.171. The number of hydrogen-bond acceptors (Lipinski definition) is 1. The Kier molecular flexibility index (Phi) is 6.98. The molecule has 13 rings (SSSR count). The van der Waals surface area contributed by atoms with Gasteiger partial charge in [-0.05, 0) is 101 Å². The number of aromatic nitrogens is 3. The summed E-state index contributed by atoms with van der Waals surface area (Å²) in [6, 6.07) is 76.6. The molecule has 0 saturated carbocycles. The van der Waals surface area contributed by atoms with Crippen LogP contribution in [0.1, 0.15) is 0 Å². The smallest absolute Gasteiger partial charge is 0.213 e. The molecule has 0 bridgehead atoms. The standard InChI is InChI=1S/C56H35N3O/c1-3-14-36(15-4-1)38-28-32-51-46(34-38)47-35-41(58-48-22-10-7-18-43(48)44-19-8-11-23-49(44)58)31-33-52(47)57(51)40-29-26-37(27-30-40)42-21-13-25-53-54(42)55-45-20-9-12-24-50(45)59(56(55)60-53)39-16-5-2-6-17-39/h1-35H. The number of benzene rings is 9. The molecular formula is C56H35N3O. The van der Waals surface area contributed by atoms with Gasteiger partial charge in [-0.3, -0.25) is 4.57 Å². The fraction of sp³-hybridized carbons (Fsp3) is 0. The van der Waals surface area contributed by atoms with Crippen molar-refractivity contribution in [1.82, 2.24) is 13.7 Å². The molecule has 4 heteroatoms. The second-order valence-electron chi connectivity index (χ2n) is 15.7. The van der Waals surface area contributed by atoms with Crippen molar-refractivity contribution in [2.75, 3.05) is 0 Å². The first-order valence-corrected chi connectivity index (χ1v) is 20.5. The number of hydrogen-bond donors (Lipinski definition) is 0. The second-order valence-corrected chi connectivity index (χ2v) is 15.7. The highest BCUT2D eigenvalue weighted by molar-refractivity contribution is 6.23. The van der Waals surface area contributed by atoms with Crippen LogP contribution < -0.4 is 0 Å². The van der Waals surface area contributed by atoms with Gasteiger partial charge in [-0.1, -0.05) is 133 Å². The van der Waals surface area contributed by atoms with E-state index in [0.717, 1.165) is 55.8 Å². The topological polar surface area (TPSA) is 27.9 Å². The zero-order valence-corrected chi connectivity index (χ0v) is 32.5. The molecule has 0 saturated heterocycles. The lowest BCUT2D eigenvalue weighted by molar-refractivity contribution is 0.645. The molecule has 0 atom stereocenters. The molecule has 9 aromatic carbocycles. The Morgan fingerprint density at radius 2 is 0.800 bits per heavy atom. The summed E-state index contributed by atoms with van der Waals surface area (Å²) in [4.78, 5) is 0. The van der Waals surface area contributed by atoms with Crippen molar-refractivity contribution < 1.29 is 4.42 Å². The molecule has 4 nitrogen and oxygen atoms in total. The Morgan fingerprint density at radius 1 is 0.283 bits per heavy atom. The van der Waals surface area contributed by atoms with Gasteiger partial charge in [0.2, 0.25) is 5.71 Å². The highest BCUT2D eigenvalue weighted by Gasteiger charge is 2.22. The highest BCUT2D eigenvalue weighted by atomic mass is 16.3. The van der Waals surface area contributed by atoms with E-state index in [1.54, 1.807) is 0 Å². The Balaban J connectivity index is 1.00. The van der Waals surface area contributed by atoms with Crippen LogP contribution in [0.3, 0.4) is 0 Å². The van der Waals surface area contributed by atoms with E-state index in [9.17, 15) is 0 Å². The van der Waals surface area contributed by atoms with Crippen molar-refractivity contribution in [1.29, 1.82) is 0 Å². The van der Waals surface area contributed by atoms with Crippen LogP contribution in [-0.2, 0) is 0 Å². The summed E-state index contributed by atoms with van der Waals surface area (Å²) in [6.45, 7) is 0. The first-order chi connectivity index (χ1) is 29.8. The summed E-state index contributed by atoms with van der Waals surface area (Å²) < 4.78 is 13.8. The van der Waals surface area contributed by atoms with Crippen LogP contribution >= 0.6 is 0 Å². The van der Waals surface area contributed by atoms with Gasteiger partial charge in [0.15, 0.2) is 0 Å². The van der Waals surface area contributed by atoms with E-state index in [2.05, 4.69) is 226 Å². The van der Waals surface area contributed by atoms with E-state index in [1.165, 1.54) is 60.1 Å². The van der Waals surface area contributed by atoms with Gasteiger partial charge in [0.25, 0.3) is 0 Å². The average molecular weight is 766 g/mol. The monoisotopic (exact) mass is 765 g/mol. The molecule has 0 aliphatic heterocycles. The van der Waals surface area contributed by atoms with Crippen molar-refractivity contribution in [2.45, 2.75) is 0 Å². The van der Waals surface area contributed by atoms with Crippen molar-refractivity contribution in [3.63, 3.8) is 0 Å². The molecule has 0 unspecified atom stereocenters. The van der Waals surface area contributed by atoms with Gasteiger partial charge in [-0.25, -0.2) is 0 Å². The number of rotatable bonds is 5. The van der Waals surface area contributed by atoms with Gasteiger partial charge in [0, 0.05) is 49.4 Å². The van der Waals surface area contributed by atoms with Crippen LogP contribution in [-0.4, -0.2) is 13.7 Å². The zero-order chi connectivity index (χ0) is 39.3. The molecule has 0 aliphatic carbocycles. The van der Waals surface area contributed by atoms with Crippen LogP contribution in [0.5, 0.6) is 0 Å². The largest absolute Gasteiger partial charge is 0.439 e. The lowest BCUT2D eigenvalue weighted by Gasteiger charge is -2.11. The summed E-state index contributed by atoms with van der Waals surface area (Å²) in [5.41, 5.74) is 15.7. The predicted molar refractivity (Wildman–Crippen MR) is 250 cm³/mol. The van der Waals surface area contributed by atoms with Crippen molar-refractivity contribution in [2.24, 2.45) is 0 Å². The van der Waals surface area contributed by atoms with E-state index in [1.807, 2.05) is 0 Å². The molecular weight excluding hydrogens is 731 g/mol. The van der Waals surface area contributed by atoms with Gasteiger partial charge in [-0.2, -0.15) is 0 Å². The molecule has 280 valence electrons. The maximum atomic E-state index is 6.75. The minimum Gasteiger partial charge on any atom is -0.439 e. The highest BCUT2D eigenvalue weighted by Crippen LogP contribution is 2.44. The number of furan rings is 1. The van der Waals surface area contributed by atoms with Gasteiger partial charge in [0.1, 0.15) is 5.58 Å². The Morgan fingerprint density at radius 3 is 1.52 bits per heavy atom. The molecule has 0 aliphatic rings. The average Bonchev–Trinajstić information content (AvgIpc) is 4.05. The van der Waals surface area contributed by atoms with Gasteiger partial charge >= 0.3 is 0 Å². The van der Waals surface area contributed by atoms with Crippen LogP contribution in [0.15, 0.2) is 217 Å². The third-order valence-electron chi connectivity index (χ3n) is 12.5. The molecule has 0 spiro atoms. The summed E-state index contributed by atoms with van der Waals surface area (Å²) in [6.07, 6.45) is 0. The summed E-state index contributed by atoms with van der Waals surface area (Å²) in [5, 5.41) is 8.41. The second kappa shape index (κ2) is 12.7. The minimum absolute atomic E-state index is 0.863. The molecule has 4 aromatic heterocycles. The Labute approximate surface area is 345 Å². The number of nitrogens with zero attached hydrogens (tertiary/aromatic N) is 3. The van der Waals surface area contributed by atoms with Crippen LogP contribution in [0.25, 0.3) is 116 Å². The molecule has 0 radical (unpaired) electrons. The number of fused-ring (bicyclic) bond motifs is 11. The predicted octanol–water partition coefficient (Wildman–Crippen LogP) is 15.1. The van der Waals surface area contributed by atoms with Crippen molar-refractivity contribution >= 4 is 76.6 Å². The van der Waals surface area contributed by atoms with Gasteiger partial charge in [0.05, 0.1) is 33.0 Å². The third-order valence-corrected chi connectivity index (χ3v) is 12.5. The molecule has 0 fully saturated rings. The molecule has 13 aromatic rings. The fourth-order valence-corrected chi connectivity index (χ4v) is 9.84. The van der Waals surface area contributed by atoms with E-state index in [0.29, 0.717) is 0 Å². The van der Waals surface area contributed by atoms with E-state index in [4.69, 9.17) is 4.42 Å². The lowest BCUT2D eigenvalue weighted by atomic mass is 9.99. The maximum absolute atomic E-state index is 6.75. The van der Waals surface area contributed by atoms with E-state index >= 15 is 0 Å². The van der Waals surface area contributed by atoms with Crippen LogP contribution in [0.2, 0.25) is 0 Å². The fourth-order valence-electron chi connectivity index (χ4n) is 9.84. The lowest BCUT2D eigenvalue weighted by Crippen LogP contribution is -1.96. The molecule has 0 amide bonds. The van der Waals surface area contributed by atoms with E-state index in [-0.39, 0.29) is 0 Å². The normalized spacial score (nSPS) is 12.0. The molecule has 4 heterocycles. The van der Waals surface area contributed by atoms with E-state index < -0.39 is 0 Å². The van der Waals surface area contributed by atoms with Gasteiger partial charge < -0.3 is 13.6 Å². The molecule has 60 heavy (non-hydrogen) atoms. The minimum atomic E-state index is 0.863. The zero-order valence-electron chi connectivity index (χ0n) is 32.5. The maximum Gasteiger partial charge on any atom is 0.213 e. The summed E-state index contributed by atoms with van der Waals surface area (Å²) >= 11 is 0.